The van der Waals surface area contributed by atoms with Gasteiger partial charge in [-0.2, -0.15) is 0 Å². The normalized spacial score (nSPS) is 13.4. The van der Waals surface area contributed by atoms with Crippen LogP contribution in [0.2, 0.25) is 0 Å². The lowest BCUT2D eigenvalue weighted by Crippen LogP contribution is -2.24. The minimum atomic E-state index is -0.329. The Morgan fingerprint density at radius 1 is 1.04 bits per heavy atom. The van der Waals surface area contributed by atoms with Crippen LogP contribution in [-0.2, 0) is 4.79 Å². The van der Waals surface area contributed by atoms with Crippen LogP contribution in [0, 0.1) is 6.92 Å². The molecule has 1 aromatic heterocycles. The van der Waals surface area contributed by atoms with E-state index in [0.717, 1.165) is 43.0 Å². The number of benzene rings is 1. The number of hydrogen-bond acceptors (Lipinski definition) is 4. The van der Waals surface area contributed by atoms with Gasteiger partial charge in [0.2, 0.25) is 5.91 Å². The molecule has 1 aliphatic heterocycles. The van der Waals surface area contributed by atoms with Gasteiger partial charge in [0.15, 0.2) is 5.82 Å². The molecule has 0 atom stereocenters. The Morgan fingerprint density at radius 3 is 2.50 bits per heavy atom. The van der Waals surface area contributed by atoms with Crippen LogP contribution in [0.15, 0.2) is 36.5 Å². The first-order valence-electron chi connectivity index (χ1n) is 8.69. The molecule has 26 heavy (non-hydrogen) atoms. The molecule has 136 valence electrons. The molecule has 0 unspecified atom stereocenters. The van der Waals surface area contributed by atoms with Gasteiger partial charge >= 0.3 is 6.03 Å². The molecule has 3 amide bonds. The molecule has 3 rings (SSSR count). The van der Waals surface area contributed by atoms with E-state index in [1.807, 2.05) is 25.1 Å². The van der Waals surface area contributed by atoms with Gasteiger partial charge in [0.25, 0.3) is 0 Å². The number of nitrogens with zero attached hydrogens (tertiary/aromatic N) is 2. The fraction of sp³-hybridized carbons (Fsp3) is 0.316. The van der Waals surface area contributed by atoms with Gasteiger partial charge in [0.1, 0.15) is 0 Å². The highest BCUT2D eigenvalue weighted by atomic mass is 16.2. The third-order valence-electron chi connectivity index (χ3n) is 4.24. The first-order valence-corrected chi connectivity index (χ1v) is 8.69. The summed E-state index contributed by atoms with van der Waals surface area (Å²) in [4.78, 5) is 30.2. The summed E-state index contributed by atoms with van der Waals surface area (Å²) in [7, 11) is 0. The minimum Gasteiger partial charge on any atom is -0.355 e. The van der Waals surface area contributed by atoms with Crippen molar-refractivity contribution in [3.05, 3.63) is 42.1 Å². The summed E-state index contributed by atoms with van der Waals surface area (Å²) in [6.07, 6.45) is 4.02. The predicted octanol–water partition coefficient (Wildman–Crippen LogP) is 3.59. The number of amides is 3. The molecule has 1 fully saturated rings. The zero-order valence-electron chi connectivity index (χ0n) is 15.0. The number of aryl methyl sites for hydroxylation is 1. The quantitative estimate of drug-likeness (QED) is 0.784. The number of carbonyl (C=O) groups excluding carboxylic acids is 2. The maximum Gasteiger partial charge on any atom is 0.323 e. The molecule has 1 saturated heterocycles. The van der Waals surface area contributed by atoms with Gasteiger partial charge in [-0.05, 0) is 55.7 Å². The molecular formula is C19H23N5O2. The van der Waals surface area contributed by atoms with Gasteiger partial charge in [-0.3, -0.25) is 4.79 Å². The van der Waals surface area contributed by atoms with Gasteiger partial charge in [-0.15, -0.1) is 0 Å². The van der Waals surface area contributed by atoms with E-state index in [2.05, 4.69) is 25.8 Å². The Kier molecular flexibility index (Phi) is 5.36. The highest BCUT2D eigenvalue weighted by Gasteiger charge is 2.18. The van der Waals surface area contributed by atoms with Crippen molar-refractivity contribution in [1.29, 1.82) is 0 Å². The summed E-state index contributed by atoms with van der Waals surface area (Å²) in [5.41, 5.74) is 2.95. The highest BCUT2D eigenvalue weighted by Crippen LogP contribution is 2.26. The molecule has 1 aromatic carbocycles. The van der Waals surface area contributed by atoms with E-state index in [-0.39, 0.29) is 11.9 Å². The molecule has 0 saturated carbocycles. The molecule has 7 heteroatoms. The molecule has 2 aromatic rings. The van der Waals surface area contributed by atoms with E-state index >= 15 is 0 Å². The summed E-state index contributed by atoms with van der Waals surface area (Å²) in [6.45, 7) is 5.25. The van der Waals surface area contributed by atoms with Crippen LogP contribution >= 0.6 is 0 Å². The third kappa shape index (κ3) is 4.30. The first-order chi connectivity index (χ1) is 12.5. The van der Waals surface area contributed by atoms with Crippen LogP contribution in [0.1, 0.15) is 25.3 Å². The Morgan fingerprint density at radius 2 is 1.81 bits per heavy atom. The number of urea groups is 1. The average molecular weight is 353 g/mol. The SMILES string of the molecule is CC(=O)Nc1ccc(NC(=O)Nc2cccnc2N2CCCC2)cc1C. The van der Waals surface area contributed by atoms with Crippen LogP contribution < -0.4 is 20.9 Å². The molecule has 0 radical (unpaired) electrons. The Hall–Kier alpha value is -3.09. The number of hydrogen-bond donors (Lipinski definition) is 3. The fourth-order valence-corrected chi connectivity index (χ4v) is 3.03. The summed E-state index contributed by atoms with van der Waals surface area (Å²) >= 11 is 0. The number of pyridine rings is 1. The highest BCUT2D eigenvalue weighted by molar-refractivity contribution is 6.01. The summed E-state index contributed by atoms with van der Waals surface area (Å²) in [5.74, 6) is 0.676. The van der Waals surface area contributed by atoms with E-state index < -0.39 is 0 Å². The minimum absolute atomic E-state index is 0.127. The number of anilines is 4. The standard InChI is InChI=1S/C19H23N5O2/c1-13-12-15(7-8-16(13)21-14(2)25)22-19(26)23-17-6-5-9-20-18(17)24-10-3-4-11-24/h5-9,12H,3-4,10-11H2,1-2H3,(H,21,25)(H2,22,23,26). The largest absolute Gasteiger partial charge is 0.355 e. The number of aromatic nitrogens is 1. The molecular weight excluding hydrogens is 330 g/mol. The summed E-state index contributed by atoms with van der Waals surface area (Å²) in [6, 6.07) is 8.67. The maximum atomic E-state index is 12.4. The molecule has 0 bridgehead atoms. The second-order valence-corrected chi connectivity index (χ2v) is 6.36. The number of rotatable bonds is 4. The molecule has 0 aliphatic carbocycles. The average Bonchev–Trinajstić information content (AvgIpc) is 3.12. The summed E-state index contributed by atoms with van der Waals surface area (Å²) in [5, 5.41) is 8.45. The van der Waals surface area contributed by atoms with Crippen LogP contribution in [0.3, 0.4) is 0 Å². The van der Waals surface area contributed by atoms with E-state index in [1.54, 1.807) is 18.3 Å². The van der Waals surface area contributed by atoms with Gasteiger partial charge in [0, 0.05) is 37.6 Å². The lowest BCUT2D eigenvalue weighted by atomic mass is 10.1. The molecule has 2 heterocycles. The van der Waals surface area contributed by atoms with E-state index in [1.165, 1.54) is 6.92 Å². The second kappa shape index (κ2) is 7.86. The molecule has 0 spiro atoms. The van der Waals surface area contributed by atoms with Crippen molar-refractivity contribution < 1.29 is 9.59 Å². The fourth-order valence-electron chi connectivity index (χ4n) is 3.03. The maximum absolute atomic E-state index is 12.4. The van der Waals surface area contributed by atoms with Crippen molar-refractivity contribution in [2.24, 2.45) is 0 Å². The Bertz CT molecular complexity index is 815. The van der Waals surface area contributed by atoms with E-state index in [9.17, 15) is 9.59 Å². The van der Waals surface area contributed by atoms with Crippen molar-refractivity contribution in [3.8, 4) is 0 Å². The van der Waals surface area contributed by atoms with Gasteiger partial charge in [-0.25, -0.2) is 9.78 Å². The Balaban J connectivity index is 1.68. The molecule has 3 N–H and O–H groups in total. The van der Waals surface area contributed by atoms with Crippen LogP contribution in [-0.4, -0.2) is 30.0 Å². The van der Waals surface area contributed by atoms with Crippen LogP contribution in [0.5, 0.6) is 0 Å². The van der Waals surface area contributed by atoms with E-state index in [4.69, 9.17) is 0 Å². The zero-order chi connectivity index (χ0) is 18.5. The smallest absolute Gasteiger partial charge is 0.323 e. The topological polar surface area (TPSA) is 86.4 Å². The van der Waals surface area contributed by atoms with Crippen molar-refractivity contribution in [1.82, 2.24) is 4.98 Å². The second-order valence-electron chi connectivity index (χ2n) is 6.36. The van der Waals surface area contributed by atoms with Gasteiger partial charge < -0.3 is 20.9 Å². The van der Waals surface area contributed by atoms with Crippen LogP contribution in [0.25, 0.3) is 0 Å². The lowest BCUT2D eigenvalue weighted by molar-refractivity contribution is -0.114. The first kappa shape index (κ1) is 17.7. The summed E-state index contributed by atoms with van der Waals surface area (Å²) < 4.78 is 0. The Labute approximate surface area is 152 Å². The van der Waals surface area contributed by atoms with E-state index in [0.29, 0.717) is 11.4 Å². The van der Waals surface area contributed by atoms with Gasteiger partial charge in [0.05, 0.1) is 5.69 Å². The molecule has 1 aliphatic rings. The monoisotopic (exact) mass is 353 g/mol. The van der Waals surface area contributed by atoms with Crippen molar-refractivity contribution in [2.45, 2.75) is 26.7 Å². The van der Waals surface area contributed by atoms with Crippen molar-refractivity contribution in [2.75, 3.05) is 33.9 Å². The predicted molar refractivity (Wildman–Crippen MR) is 104 cm³/mol. The lowest BCUT2D eigenvalue weighted by Gasteiger charge is -2.20. The number of carbonyl (C=O) groups is 2. The van der Waals surface area contributed by atoms with Crippen molar-refractivity contribution in [3.63, 3.8) is 0 Å². The molecule has 7 nitrogen and oxygen atoms in total. The van der Waals surface area contributed by atoms with Crippen molar-refractivity contribution >= 4 is 34.8 Å². The van der Waals surface area contributed by atoms with Gasteiger partial charge in [-0.1, -0.05) is 0 Å². The van der Waals surface area contributed by atoms with Crippen LogP contribution in [0.4, 0.5) is 27.7 Å². The number of nitrogens with one attached hydrogen (secondary N) is 3. The zero-order valence-corrected chi connectivity index (χ0v) is 15.0. The third-order valence-corrected chi connectivity index (χ3v) is 4.24.